The van der Waals surface area contributed by atoms with E-state index in [1.165, 1.54) is 12.0 Å². The maximum Gasteiger partial charge on any atom is 0.254 e. The zero-order chi connectivity index (χ0) is 18.2. The second kappa shape index (κ2) is 8.98. The normalized spacial score (nSPS) is 10.5. The third-order valence-corrected chi connectivity index (χ3v) is 4.03. The van der Waals surface area contributed by atoms with E-state index in [0.29, 0.717) is 11.3 Å². The first-order valence-corrected chi connectivity index (χ1v) is 8.27. The lowest BCUT2D eigenvalue weighted by molar-refractivity contribution is -0.116. The van der Waals surface area contributed by atoms with Gasteiger partial charge in [0.15, 0.2) is 0 Å². The number of benzene rings is 2. The van der Waals surface area contributed by atoms with Gasteiger partial charge in [-0.3, -0.25) is 9.59 Å². The van der Waals surface area contributed by atoms with Crippen LogP contribution in [0.1, 0.15) is 15.9 Å². The summed E-state index contributed by atoms with van der Waals surface area (Å²) >= 11 is 3.37. The zero-order valence-corrected chi connectivity index (χ0v) is 15.5. The SMILES string of the molecule is CO/N=C/c1ccc(C(=O)N(C)CC(=O)Nc2ccccc2Br)cc1. The average molecular weight is 404 g/mol. The Labute approximate surface area is 154 Å². The molecule has 0 heterocycles. The summed E-state index contributed by atoms with van der Waals surface area (Å²) in [6.45, 7) is -0.0486. The van der Waals surface area contributed by atoms with Crippen LogP contribution in [-0.4, -0.2) is 43.6 Å². The van der Waals surface area contributed by atoms with Gasteiger partial charge in [-0.05, 0) is 45.8 Å². The predicted molar refractivity (Wildman–Crippen MR) is 101 cm³/mol. The van der Waals surface area contributed by atoms with E-state index in [-0.39, 0.29) is 18.4 Å². The molecular weight excluding hydrogens is 386 g/mol. The van der Waals surface area contributed by atoms with E-state index in [1.807, 2.05) is 18.2 Å². The maximum absolute atomic E-state index is 12.4. The van der Waals surface area contributed by atoms with Crippen LogP contribution < -0.4 is 5.32 Å². The Morgan fingerprint density at radius 3 is 2.52 bits per heavy atom. The molecule has 2 aromatic rings. The highest BCUT2D eigenvalue weighted by atomic mass is 79.9. The number of rotatable bonds is 6. The van der Waals surface area contributed by atoms with Crippen molar-refractivity contribution in [2.75, 3.05) is 26.0 Å². The molecule has 0 spiro atoms. The molecule has 2 aromatic carbocycles. The molecule has 7 heteroatoms. The summed E-state index contributed by atoms with van der Waals surface area (Å²) in [6.07, 6.45) is 1.54. The van der Waals surface area contributed by atoms with E-state index in [2.05, 4.69) is 31.2 Å². The summed E-state index contributed by atoms with van der Waals surface area (Å²) in [7, 11) is 3.05. The Bertz CT molecular complexity index is 775. The highest BCUT2D eigenvalue weighted by molar-refractivity contribution is 9.10. The minimum Gasteiger partial charge on any atom is -0.399 e. The molecule has 0 atom stereocenters. The van der Waals surface area contributed by atoms with Crippen LogP contribution in [0.3, 0.4) is 0 Å². The molecule has 0 bridgehead atoms. The molecule has 0 aliphatic rings. The number of nitrogens with zero attached hydrogens (tertiary/aromatic N) is 2. The highest BCUT2D eigenvalue weighted by Gasteiger charge is 2.15. The Balaban J connectivity index is 1.96. The number of likely N-dealkylation sites (N-methyl/N-ethyl adjacent to an activating group) is 1. The van der Waals surface area contributed by atoms with Crippen molar-refractivity contribution in [3.05, 3.63) is 64.1 Å². The van der Waals surface area contributed by atoms with Crippen LogP contribution in [0.4, 0.5) is 5.69 Å². The quantitative estimate of drug-likeness (QED) is 0.594. The molecule has 0 radical (unpaired) electrons. The molecule has 2 rings (SSSR count). The van der Waals surface area contributed by atoms with Crippen molar-refractivity contribution >= 4 is 39.6 Å². The zero-order valence-electron chi connectivity index (χ0n) is 13.9. The predicted octanol–water partition coefficient (Wildman–Crippen LogP) is 3.14. The van der Waals surface area contributed by atoms with E-state index < -0.39 is 0 Å². The number of hydrogen-bond donors (Lipinski definition) is 1. The molecular formula is C18H18BrN3O3. The van der Waals surface area contributed by atoms with Crippen molar-refractivity contribution < 1.29 is 14.4 Å². The van der Waals surface area contributed by atoms with E-state index in [1.54, 1.807) is 43.6 Å². The number of anilines is 1. The summed E-state index contributed by atoms with van der Waals surface area (Å²) in [5, 5.41) is 6.43. The number of hydrogen-bond acceptors (Lipinski definition) is 4. The van der Waals surface area contributed by atoms with Crippen molar-refractivity contribution in [3.63, 3.8) is 0 Å². The summed E-state index contributed by atoms with van der Waals surface area (Å²) in [5.74, 6) is -0.510. The van der Waals surface area contributed by atoms with Gasteiger partial charge in [0, 0.05) is 17.1 Å². The number of carbonyl (C=O) groups excluding carboxylic acids is 2. The minimum absolute atomic E-state index is 0.0486. The van der Waals surface area contributed by atoms with Crippen LogP contribution in [0, 0.1) is 0 Å². The third-order valence-electron chi connectivity index (χ3n) is 3.34. The molecule has 6 nitrogen and oxygen atoms in total. The Hall–Kier alpha value is -2.67. The Morgan fingerprint density at radius 2 is 1.88 bits per heavy atom. The lowest BCUT2D eigenvalue weighted by Crippen LogP contribution is -2.35. The number of nitrogens with one attached hydrogen (secondary N) is 1. The topological polar surface area (TPSA) is 71.0 Å². The van der Waals surface area contributed by atoms with Crippen LogP contribution >= 0.6 is 15.9 Å². The molecule has 1 N–H and O–H groups in total. The van der Waals surface area contributed by atoms with Crippen LogP contribution in [0.5, 0.6) is 0 Å². The number of amides is 2. The van der Waals surface area contributed by atoms with Gasteiger partial charge in [0.1, 0.15) is 7.11 Å². The lowest BCUT2D eigenvalue weighted by Gasteiger charge is -2.17. The fourth-order valence-electron chi connectivity index (χ4n) is 2.09. The molecule has 130 valence electrons. The second-order valence-corrected chi connectivity index (χ2v) is 6.08. The van der Waals surface area contributed by atoms with Gasteiger partial charge in [-0.25, -0.2) is 0 Å². The summed E-state index contributed by atoms with van der Waals surface area (Å²) < 4.78 is 0.783. The first kappa shape index (κ1) is 18.7. The number of carbonyl (C=O) groups is 2. The van der Waals surface area contributed by atoms with E-state index in [0.717, 1.165) is 10.0 Å². The Morgan fingerprint density at radius 1 is 1.20 bits per heavy atom. The van der Waals surface area contributed by atoms with Crippen molar-refractivity contribution in [3.8, 4) is 0 Å². The van der Waals surface area contributed by atoms with Gasteiger partial charge in [0.05, 0.1) is 18.4 Å². The van der Waals surface area contributed by atoms with E-state index >= 15 is 0 Å². The Kier molecular flexibility index (Phi) is 6.71. The van der Waals surface area contributed by atoms with Gasteiger partial charge in [-0.2, -0.15) is 0 Å². The monoisotopic (exact) mass is 403 g/mol. The average Bonchev–Trinajstić information content (AvgIpc) is 2.61. The number of para-hydroxylation sites is 1. The van der Waals surface area contributed by atoms with Gasteiger partial charge in [-0.1, -0.05) is 29.4 Å². The maximum atomic E-state index is 12.4. The smallest absolute Gasteiger partial charge is 0.254 e. The van der Waals surface area contributed by atoms with Crippen LogP contribution in [-0.2, 0) is 9.63 Å². The fourth-order valence-corrected chi connectivity index (χ4v) is 2.47. The summed E-state index contributed by atoms with van der Waals surface area (Å²) in [6, 6.07) is 14.2. The molecule has 0 saturated carbocycles. The van der Waals surface area contributed by atoms with Gasteiger partial charge in [0.25, 0.3) is 5.91 Å². The van der Waals surface area contributed by atoms with Crippen LogP contribution in [0.2, 0.25) is 0 Å². The highest BCUT2D eigenvalue weighted by Crippen LogP contribution is 2.21. The van der Waals surface area contributed by atoms with Gasteiger partial charge in [0.2, 0.25) is 5.91 Å². The summed E-state index contributed by atoms with van der Waals surface area (Å²) in [5.41, 5.74) is 1.97. The van der Waals surface area contributed by atoms with Gasteiger partial charge in [-0.15, -0.1) is 0 Å². The molecule has 0 unspecified atom stereocenters. The van der Waals surface area contributed by atoms with Crippen molar-refractivity contribution in [2.45, 2.75) is 0 Å². The standard InChI is InChI=1S/C18H18BrN3O3/c1-22(12-17(23)21-16-6-4-3-5-15(16)19)18(24)14-9-7-13(8-10-14)11-20-25-2/h3-11H,12H2,1-2H3,(H,21,23)/b20-11+. The molecule has 0 saturated heterocycles. The second-order valence-electron chi connectivity index (χ2n) is 5.23. The molecule has 25 heavy (non-hydrogen) atoms. The van der Waals surface area contributed by atoms with E-state index in [9.17, 15) is 9.59 Å². The van der Waals surface area contributed by atoms with Gasteiger partial charge >= 0.3 is 0 Å². The summed E-state index contributed by atoms with van der Waals surface area (Å²) in [4.78, 5) is 30.5. The van der Waals surface area contributed by atoms with Crippen LogP contribution in [0.25, 0.3) is 0 Å². The van der Waals surface area contributed by atoms with Crippen molar-refractivity contribution in [1.29, 1.82) is 0 Å². The molecule has 0 aromatic heterocycles. The first-order valence-electron chi connectivity index (χ1n) is 7.47. The third kappa shape index (κ3) is 5.42. The van der Waals surface area contributed by atoms with Crippen LogP contribution in [0.15, 0.2) is 58.2 Å². The molecule has 2 amide bonds. The number of oxime groups is 1. The lowest BCUT2D eigenvalue weighted by atomic mass is 10.1. The van der Waals surface area contributed by atoms with Gasteiger partial charge < -0.3 is 15.1 Å². The number of halogens is 1. The molecule has 0 aliphatic carbocycles. The molecule has 0 aliphatic heterocycles. The van der Waals surface area contributed by atoms with Crippen molar-refractivity contribution in [2.24, 2.45) is 5.16 Å². The first-order chi connectivity index (χ1) is 12.0. The van der Waals surface area contributed by atoms with E-state index in [4.69, 9.17) is 0 Å². The fraction of sp³-hybridized carbons (Fsp3) is 0.167. The minimum atomic E-state index is -0.272. The largest absolute Gasteiger partial charge is 0.399 e. The molecule has 0 fully saturated rings. The van der Waals surface area contributed by atoms with Crippen molar-refractivity contribution in [1.82, 2.24) is 4.90 Å².